The lowest BCUT2D eigenvalue weighted by atomic mass is 10.2. The minimum atomic E-state index is 0.0385. The van der Waals surface area contributed by atoms with E-state index in [1.807, 2.05) is 25.1 Å². The number of rotatable bonds is 9. The fraction of sp³-hybridized carbons (Fsp3) is 0.529. The molecule has 1 amide bonds. The van der Waals surface area contributed by atoms with E-state index in [0.29, 0.717) is 32.0 Å². The molecule has 1 aromatic rings. The van der Waals surface area contributed by atoms with Crippen LogP contribution in [0.5, 0.6) is 11.5 Å². The van der Waals surface area contributed by atoms with Gasteiger partial charge in [0.15, 0.2) is 5.96 Å². The SMILES string of the molecule is CCCNC(=O)CCNC(=NC)NCc1ccc(OC)cc1OC. The van der Waals surface area contributed by atoms with Gasteiger partial charge in [0.05, 0.1) is 14.2 Å². The minimum absolute atomic E-state index is 0.0385. The molecule has 0 aliphatic rings. The maximum atomic E-state index is 11.6. The number of nitrogens with one attached hydrogen (secondary N) is 3. The summed E-state index contributed by atoms with van der Waals surface area (Å²) in [6.07, 6.45) is 1.35. The number of hydrogen-bond acceptors (Lipinski definition) is 4. The van der Waals surface area contributed by atoms with Crippen molar-refractivity contribution in [1.29, 1.82) is 0 Å². The first-order valence-corrected chi connectivity index (χ1v) is 8.06. The van der Waals surface area contributed by atoms with Crippen LogP contribution in [0.4, 0.5) is 0 Å². The first kappa shape index (κ1) is 19.6. The zero-order valence-electron chi connectivity index (χ0n) is 14.9. The summed E-state index contributed by atoms with van der Waals surface area (Å²) in [4.78, 5) is 15.7. The zero-order valence-corrected chi connectivity index (χ0v) is 14.9. The van der Waals surface area contributed by atoms with Crippen LogP contribution in [0.15, 0.2) is 23.2 Å². The number of aliphatic imine (C=N–C) groups is 1. The lowest BCUT2D eigenvalue weighted by Crippen LogP contribution is -2.39. The summed E-state index contributed by atoms with van der Waals surface area (Å²) < 4.78 is 10.6. The molecule has 0 aliphatic heterocycles. The Balaban J connectivity index is 2.45. The highest BCUT2D eigenvalue weighted by molar-refractivity contribution is 5.81. The molecular weight excluding hydrogens is 308 g/mol. The van der Waals surface area contributed by atoms with Gasteiger partial charge in [0, 0.05) is 44.7 Å². The first-order chi connectivity index (χ1) is 11.6. The molecule has 0 spiro atoms. The molecule has 7 nitrogen and oxygen atoms in total. The second kappa shape index (κ2) is 11.2. The Morgan fingerprint density at radius 1 is 1.12 bits per heavy atom. The number of ether oxygens (including phenoxy) is 2. The van der Waals surface area contributed by atoms with Gasteiger partial charge in [-0.3, -0.25) is 9.79 Å². The zero-order chi connectivity index (χ0) is 17.8. The number of carbonyl (C=O) groups is 1. The van der Waals surface area contributed by atoms with E-state index in [1.165, 1.54) is 0 Å². The summed E-state index contributed by atoms with van der Waals surface area (Å²) in [5.41, 5.74) is 0.988. The van der Waals surface area contributed by atoms with Crippen molar-refractivity contribution in [2.45, 2.75) is 26.3 Å². The lowest BCUT2D eigenvalue weighted by molar-refractivity contribution is -0.120. The molecule has 0 bridgehead atoms. The molecule has 0 saturated heterocycles. The van der Waals surface area contributed by atoms with Gasteiger partial charge < -0.3 is 25.4 Å². The molecular formula is C17H28N4O3. The van der Waals surface area contributed by atoms with Gasteiger partial charge >= 0.3 is 0 Å². The second-order valence-electron chi connectivity index (χ2n) is 5.13. The van der Waals surface area contributed by atoms with Gasteiger partial charge in [-0.15, -0.1) is 0 Å². The van der Waals surface area contributed by atoms with E-state index in [9.17, 15) is 4.79 Å². The molecule has 24 heavy (non-hydrogen) atoms. The van der Waals surface area contributed by atoms with E-state index >= 15 is 0 Å². The number of methoxy groups -OCH3 is 2. The molecule has 1 rings (SSSR count). The lowest BCUT2D eigenvalue weighted by Gasteiger charge is -2.14. The van der Waals surface area contributed by atoms with E-state index in [0.717, 1.165) is 23.5 Å². The van der Waals surface area contributed by atoms with Gasteiger partial charge in [-0.05, 0) is 18.6 Å². The Bertz CT molecular complexity index is 547. The summed E-state index contributed by atoms with van der Waals surface area (Å²) in [5, 5.41) is 9.16. The topological polar surface area (TPSA) is 84.0 Å². The molecule has 3 N–H and O–H groups in total. The second-order valence-corrected chi connectivity index (χ2v) is 5.13. The van der Waals surface area contributed by atoms with Crippen LogP contribution in [-0.2, 0) is 11.3 Å². The minimum Gasteiger partial charge on any atom is -0.497 e. The standard InChI is InChI=1S/C17H28N4O3/c1-5-9-19-16(22)8-10-20-17(18-2)21-12-13-6-7-14(23-3)11-15(13)24-4/h6-7,11H,5,8-10,12H2,1-4H3,(H,19,22)(H2,18,20,21). The Hall–Kier alpha value is -2.44. The highest BCUT2D eigenvalue weighted by Crippen LogP contribution is 2.24. The molecule has 1 aromatic carbocycles. The van der Waals surface area contributed by atoms with Crippen LogP contribution in [-0.4, -0.2) is 46.2 Å². The summed E-state index contributed by atoms with van der Waals surface area (Å²) in [6, 6.07) is 5.66. The normalized spacial score (nSPS) is 10.9. The largest absolute Gasteiger partial charge is 0.497 e. The number of guanidine groups is 1. The summed E-state index contributed by atoms with van der Waals surface area (Å²) in [6.45, 7) is 3.81. The smallest absolute Gasteiger partial charge is 0.221 e. The van der Waals surface area contributed by atoms with E-state index in [-0.39, 0.29) is 5.91 Å². The third-order valence-corrected chi connectivity index (χ3v) is 3.38. The molecule has 0 aromatic heterocycles. The predicted octanol–water partition coefficient (Wildman–Crippen LogP) is 1.29. The number of amides is 1. The molecule has 0 unspecified atom stereocenters. The van der Waals surface area contributed by atoms with Gasteiger partial charge in [-0.2, -0.15) is 0 Å². The molecule has 0 heterocycles. The molecule has 0 radical (unpaired) electrons. The molecule has 7 heteroatoms. The fourth-order valence-corrected chi connectivity index (χ4v) is 2.04. The van der Waals surface area contributed by atoms with Crippen molar-refractivity contribution in [2.24, 2.45) is 4.99 Å². The third-order valence-electron chi connectivity index (χ3n) is 3.38. The maximum absolute atomic E-state index is 11.6. The molecule has 0 fully saturated rings. The highest BCUT2D eigenvalue weighted by atomic mass is 16.5. The monoisotopic (exact) mass is 336 g/mol. The fourth-order valence-electron chi connectivity index (χ4n) is 2.04. The number of hydrogen-bond donors (Lipinski definition) is 3. The summed E-state index contributed by atoms with van der Waals surface area (Å²) in [5.74, 6) is 2.17. The van der Waals surface area contributed by atoms with Crippen molar-refractivity contribution < 1.29 is 14.3 Å². The van der Waals surface area contributed by atoms with Gasteiger partial charge in [-0.1, -0.05) is 6.92 Å². The highest BCUT2D eigenvalue weighted by Gasteiger charge is 2.06. The average molecular weight is 336 g/mol. The maximum Gasteiger partial charge on any atom is 0.221 e. The Labute approximate surface area is 143 Å². The van der Waals surface area contributed by atoms with E-state index in [1.54, 1.807) is 21.3 Å². The van der Waals surface area contributed by atoms with Crippen molar-refractivity contribution in [3.05, 3.63) is 23.8 Å². The number of benzene rings is 1. The molecule has 0 aliphatic carbocycles. The van der Waals surface area contributed by atoms with Crippen LogP contribution >= 0.6 is 0 Å². The van der Waals surface area contributed by atoms with Gasteiger partial charge in [-0.25, -0.2) is 0 Å². The molecule has 0 saturated carbocycles. The van der Waals surface area contributed by atoms with Gasteiger partial charge in [0.2, 0.25) is 5.91 Å². The Kier molecular flexibility index (Phi) is 9.11. The van der Waals surface area contributed by atoms with Crippen LogP contribution in [0.2, 0.25) is 0 Å². The van der Waals surface area contributed by atoms with E-state index in [4.69, 9.17) is 9.47 Å². The Morgan fingerprint density at radius 2 is 1.92 bits per heavy atom. The van der Waals surface area contributed by atoms with Crippen molar-refractivity contribution in [1.82, 2.24) is 16.0 Å². The van der Waals surface area contributed by atoms with Crippen LogP contribution in [0.25, 0.3) is 0 Å². The molecule has 134 valence electrons. The van der Waals surface area contributed by atoms with Crippen molar-refractivity contribution in [3.8, 4) is 11.5 Å². The van der Waals surface area contributed by atoms with Crippen molar-refractivity contribution in [3.63, 3.8) is 0 Å². The van der Waals surface area contributed by atoms with Crippen LogP contribution in [0.1, 0.15) is 25.3 Å². The summed E-state index contributed by atoms with van der Waals surface area (Å²) >= 11 is 0. The summed E-state index contributed by atoms with van der Waals surface area (Å²) in [7, 11) is 4.94. The third kappa shape index (κ3) is 6.76. The van der Waals surface area contributed by atoms with Crippen LogP contribution < -0.4 is 25.4 Å². The molecule has 0 atom stereocenters. The van der Waals surface area contributed by atoms with E-state index < -0.39 is 0 Å². The number of carbonyl (C=O) groups excluding carboxylic acids is 1. The van der Waals surface area contributed by atoms with Crippen molar-refractivity contribution >= 4 is 11.9 Å². The van der Waals surface area contributed by atoms with Crippen molar-refractivity contribution in [2.75, 3.05) is 34.4 Å². The van der Waals surface area contributed by atoms with Crippen LogP contribution in [0.3, 0.4) is 0 Å². The van der Waals surface area contributed by atoms with E-state index in [2.05, 4.69) is 20.9 Å². The predicted molar refractivity (Wildman–Crippen MR) is 95.7 cm³/mol. The van der Waals surface area contributed by atoms with Gasteiger partial charge in [0.25, 0.3) is 0 Å². The number of nitrogens with zero attached hydrogens (tertiary/aromatic N) is 1. The average Bonchev–Trinajstić information content (AvgIpc) is 2.62. The first-order valence-electron chi connectivity index (χ1n) is 8.06. The Morgan fingerprint density at radius 3 is 2.54 bits per heavy atom. The van der Waals surface area contributed by atoms with Gasteiger partial charge in [0.1, 0.15) is 11.5 Å². The van der Waals surface area contributed by atoms with Crippen LogP contribution in [0, 0.1) is 0 Å². The quantitative estimate of drug-likeness (QED) is 0.467.